The van der Waals surface area contributed by atoms with Crippen LogP contribution in [0.1, 0.15) is 30.3 Å². The third-order valence-corrected chi connectivity index (χ3v) is 3.10. The van der Waals surface area contributed by atoms with Crippen LogP contribution in [-0.4, -0.2) is 38.4 Å². The topological polar surface area (TPSA) is 77.8 Å². The first-order valence-electron chi connectivity index (χ1n) is 6.66. The molecular formula is C13H20N6O. The van der Waals surface area contributed by atoms with Crippen molar-refractivity contribution in [2.75, 3.05) is 19.0 Å². The Hall–Kier alpha value is -2.18. The van der Waals surface area contributed by atoms with Crippen molar-refractivity contribution in [1.82, 2.24) is 24.7 Å². The van der Waals surface area contributed by atoms with Crippen molar-refractivity contribution in [3.8, 4) is 12.0 Å². The van der Waals surface area contributed by atoms with Gasteiger partial charge in [-0.15, -0.1) is 0 Å². The number of rotatable bonds is 5. The third kappa shape index (κ3) is 2.71. The first-order valence-corrected chi connectivity index (χ1v) is 6.66. The average molecular weight is 276 g/mol. The SMILES string of the molecule is CCCOc1nc(NC)nc(-n2nc(C)c(C)c2C)n1. The van der Waals surface area contributed by atoms with E-state index in [2.05, 4.69) is 25.4 Å². The molecular weight excluding hydrogens is 256 g/mol. The van der Waals surface area contributed by atoms with E-state index in [4.69, 9.17) is 4.74 Å². The van der Waals surface area contributed by atoms with Crippen LogP contribution < -0.4 is 10.1 Å². The zero-order valence-corrected chi connectivity index (χ0v) is 12.6. The summed E-state index contributed by atoms with van der Waals surface area (Å²) in [6.07, 6.45) is 0.898. The van der Waals surface area contributed by atoms with Gasteiger partial charge in [0.2, 0.25) is 5.95 Å². The molecule has 0 aromatic carbocycles. The number of anilines is 1. The largest absolute Gasteiger partial charge is 0.463 e. The van der Waals surface area contributed by atoms with Crippen LogP contribution in [0.15, 0.2) is 0 Å². The highest BCUT2D eigenvalue weighted by molar-refractivity contribution is 5.33. The van der Waals surface area contributed by atoms with Crippen LogP contribution in [0.25, 0.3) is 5.95 Å². The van der Waals surface area contributed by atoms with Gasteiger partial charge in [-0.05, 0) is 32.8 Å². The van der Waals surface area contributed by atoms with Gasteiger partial charge in [-0.25, -0.2) is 4.68 Å². The maximum Gasteiger partial charge on any atom is 0.323 e. The Balaban J connectivity index is 2.46. The van der Waals surface area contributed by atoms with Crippen molar-refractivity contribution in [2.24, 2.45) is 0 Å². The standard InChI is InChI=1S/C13H20N6O/c1-6-7-20-13-16-11(14-5)15-12(17-13)19-10(4)8(2)9(3)18-19/h6-7H2,1-5H3,(H,14,15,16,17). The maximum absolute atomic E-state index is 5.49. The van der Waals surface area contributed by atoms with Crippen LogP contribution in [0.2, 0.25) is 0 Å². The molecule has 108 valence electrons. The quantitative estimate of drug-likeness (QED) is 0.897. The summed E-state index contributed by atoms with van der Waals surface area (Å²) in [4.78, 5) is 12.8. The summed E-state index contributed by atoms with van der Waals surface area (Å²) in [5.41, 5.74) is 3.11. The van der Waals surface area contributed by atoms with E-state index in [1.165, 1.54) is 0 Å². The summed E-state index contributed by atoms with van der Waals surface area (Å²) < 4.78 is 7.21. The lowest BCUT2D eigenvalue weighted by molar-refractivity contribution is 0.291. The predicted octanol–water partition coefficient (Wildman–Crippen LogP) is 1.81. The van der Waals surface area contributed by atoms with Crippen molar-refractivity contribution >= 4 is 5.95 Å². The smallest absolute Gasteiger partial charge is 0.323 e. The van der Waals surface area contributed by atoms with Crippen LogP contribution in [-0.2, 0) is 0 Å². The molecule has 0 aliphatic rings. The number of aryl methyl sites for hydroxylation is 1. The van der Waals surface area contributed by atoms with Crippen LogP contribution in [0.4, 0.5) is 5.95 Å². The number of ether oxygens (including phenoxy) is 1. The molecule has 2 heterocycles. The molecule has 0 saturated carbocycles. The molecule has 0 spiro atoms. The summed E-state index contributed by atoms with van der Waals surface area (Å²) in [6, 6.07) is 0.311. The Bertz CT molecular complexity index is 607. The minimum absolute atomic E-state index is 0.311. The van der Waals surface area contributed by atoms with Crippen LogP contribution in [0.3, 0.4) is 0 Å². The lowest BCUT2D eigenvalue weighted by Gasteiger charge is -2.08. The molecule has 0 unspecified atom stereocenters. The molecule has 0 aliphatic carbocycles. The molecule has 0 atom stereocenters. The zero-order chi connectivity index (χ0) is 14.7. The second kappa shape index (κ2) is 5.85. The predicted molar refractivity (Wildman–Crippen MR) is 76.5 cm³/mol. The number of hydrogen-bond acceptors (Lipinski definition) is 6. The summed E-state index contributed by atoms with van der Waals surface area (Å²) in [5.74, 6) is 0.926. The van der Waals surface area contributed by atoms with Gasteiger partial charge in [0.1, 0.15) is 0 Å². The number of hydrogen-bond donors (Lipinski definition) is 1. The molecule has 1 N–H and O–H groups in total. The molecule has 0 amide bonds. The summed E-state index contributed by atoms with van der Waals surface area (Å²) >= 11 is 0. The molecule has 0 fully saturated rings. The zero-order valence-electron chi connectivity index (χ0n) is 12.6. The van der Waals surface area contributed by atoms with E-state index in [1.54, 1.807) is 11.7 Å². The van der Waals surface area contributed by atoms with Crippen LogP contribution in [0, 0.1) is 20.8 Å². The van der Waals surface area contributed by atoms with Gasteiger partial charge in [-0.3, -0.25) is 0 Å². The van der Waals surface area contributed by atoms with Crippen molar-refractivity contribution in [3.63, 3.8) is 0 Å². The summed E-state index contributed by atoms with van der Waals surface area (Å²) in [5, 5.41) is 7.37. The lowest BCUT2D eigenvalue weighted by Crippen LogP contribution is -2.11. The molecule has 2 aromatic rings. The van der Waals surface area contributed by atoms with Gasteiger partial charge in [-0.2, -0.15) is 20.1 Å². The molecule has 2 aromatic heterocycles. The average Bonchev–Trinajstić information content (AvgIpc) is 2.72. The van der Waals surface area contributed by atoms with Crippen molar-refractivity contribution in [2.45, 2.75) is 34.1 Å². The third-order valence-electron chi connectivity index (χ3n) is 3.10. The second-order valence-corrected chi connectivity index (χ2v) is 4.55. The summed E-state index contributed by atoms with van der Waals surface area (Å²) in [7, 11) is 1.76. The molecule has 2 rings (SSSR count). The van der Waals surface area contributed by atoms with Gasteiger partial charge >= 0.3 is 6.01 Å². The Labute approximate surface area is 118 Å². The van der Waals surface area contributed by atoms with E-state index in [9.17, 15) is 0 Å². The molecule has 0 bridgehead atoms. The maximum atomic E-state index is 5.49. The molecule has 0 saturated heterocycles. The Morgan fingerprint density at radius 3 is 2.45 bits per heavy atom. The van der Waals surface area contributed by atoms with E-state index in [1.807, 2.05) is 27.7 Å². The highest BCUT2D eigenvalue weighted by Gasteiger charge is 2.14. The Kier molecular flexibility index (Phi) is 4.16. The number of nitrogens with zero attached hydrogens (tertiary/aromatic N) is 5. The van der Waals surface area contributed by atoms with E-state index in [0.29, 0.717) is 24.5 Å². The molecule has 7 nitrogen and oxygen atoms in total. The van der Waals surface area contributed by atoms with Gasteiger partial charge in [0.25, 0.3) is 5.95 Å². The molecule has 0 aliphatic heterocycles. The van der Waals surface area contributed by atoms with Crippen LogP contribution in [0.5, 0.6) is 6.01 Å². The van der Waals surface area contributed by atoms with Gasteiger partial charge in [0.15, 0.2) is 0 Å². The van der Waals surface area contributed by atoms with Crippen molar-refractivity contribution < 1.29 is 4.74 Å². The molecule has 7 heteroatoms. The monoisotopic (exact) mass is 276 g/mol. The highest BCUT2D eigenvalue weighted by atomic mass is 16.5. The second-order valence-electron chi connectivity index (χ2n) is 4.55. The number of nitrogens with one attached hydrogen (secondary N) is 1. The fraction of sp³-hybridized carbons (Fsp3) is 0.538. The van der Waals surface area contributed by atoms with Gasteiger partial charge in [-0.1, -0.05) is 6.92 Å². The highest BCUT2D eigenvalue weighted by Crippen LogP contribution is 2.16. The first-order chi connectivity index (χ1) is 9.56. The van der Waals surface area contributed by atoms with E-state index >= 15 is 0 Å². The minimum Gasteiger partial charge on any atom is -0.463 e. The molecule has 20 heavy (non-hydrogen) atoms. The van der Waals surface area contributed by atoms with Gasteiger partial charge in [0.05, 0.1) is 12.3 Å². The van der Waals surface area contributed by atoms with E-state index in [0.717, 1.165) is 23.4 Å². The van der Waals surface area contributed by atoms with Gasteiger partial charge in [0, 0.05) is 12.7 Å². The lowest BCUT2D eigenvalue weighted by atomic mass is 10.2. The minimum atomic E-state index is 0.311. The van der Waals surface area contributed by atoms with Gasteiger partial charge < -0.3 is 10.1 Å². The first kappa shape index (κ1) is 14.2. The Morgan fingerprint density at radius 2 is 1.90 bits per heavy atom. The van der Waals surface area contributed by atoms with Crippen molar-refractivity contribution in [1.29, 1.82) is 0 Å². The molecule has 0 radical (unpaired) electrons. The Morgan fingerprint density at radius 1 is 1.15 bits per heavy atom. The number of aromatic nitrogens is 5. The fourth-order valence-electron chi connectivity index (χ4n) is 1.73. The normalized spacial score (nSPS) is 10.7. The van der Waals surface area contributed by atoms with E-state index in [-0.39, 0.29) is 0 Å². The summed E-state index contributed by atoms with van der Waals surface area (Å²) in [6.45, 7) is 8.59. The van der Waals surface area contributed by atoms with E-state index < -0.39 is 0 Å². The van der Waals surface area contributed by atoms with Crippen molar-refractivity contribution in [3.05, 3.63) is 17.0 Å². The van der Waals surface area contributed by atoms with Crippen LogP contribution >= 0.6 is 0 Å². The fourth-order valence-corrected chi connectivity index (χ4v) is 1.73.